The lowest BCUT2D eigenvalue weighted by Gasteiger charge is -2.34. The van der Waals surface area contributed by atoms with Crippen LogP contribution in [0.25, 0.3) is 0 Å². The fraction of sp³-hybridized carbons (Fsp3) is 0.562. The molecule has 24 heavy (non-hydrogen) atoms. The van der Waals surface area contributed by atoms with Gasteiger partial charge in [-0.05, 0) is 61.2 Å². The molecule has 3 rings (SSSR count). The molecule has 1 aromatic rings. The van der Waals surface area contributed by atoms with Gasteiger partial charge in [0.25, 0.3) is 5.91 Å². The Morgan fingerprint density at radius 3 is 2.79 bits per heavy atom. The van der Waals surface area contributed by atoms with Gasteiger partial charge in [0.15, 0.2) is 5.54 Å². The Bertz CT molecular complexity index is 692. The van der Waals surface area contributed by atoms with E-state index in [0.717, 1.165) is 32.8 Å². The maximum absolute atomic E-state index is 12.8. The average Bonchev–Trinajstić information content (AvgIpc) is 3.06. The van der Waals surface area contributed by atoms with Crippen molar-refractivity contribution in [3.05, 3.63) is 20.8 Å². The van der Waals surface area contributed by atoms with Crippen LogP contribution in [-0.2, 0) is 15.1 Å². The van der Waals surface area contributed by atoms with Crippen molar-refractivity contribution < 1.29 is 14.4 Å². The number of carbonyl (C=O) groups excluding carboxylic acids is 3. The molecule has 0 aliphatic carbocycles. The Balaban J connectivity index is 1.76. The standard InChI is InChI=1S/C16H20BrN3O3S/c1-10-5-3-4-8-19(10)13(21)9-20-14(22)16(2,18-15(20)23)11-6-7-12(17)24-11/h6-7,10H,3-5,8-9H2,1-2H3,(H,18,23). The van der Waals surface area contributed by atoms with E-state index in [2.05, 4.69) is 21.2 Å². The number of urea groups is 1. The van der Waals surface area contributed by atoms with Gasteiger partial charge < -0.3 is 10.2 Å². The van der Waals surface area contributed by atoms with Gasteiger partial charge in [0.1, 0.15) is 6.54 Å². The van der Waals surface area contributed by atoms with Gasteiger partial charge in [-0.15, -0.1) is 11.3 Å². The molecule has 0 aromatic carbocycles. The van der Waals surface area contributed by atoms with Gasteiger partial charge in [0.2, 0.25) is 5.91 Å². The third-order valence-electron chi connectivity index (χ3n) is 4.76. The molecule has 1 N–H and O–H groups in total. The van der Waals surface area contributed by atoms with E-state index < -0.39 is 11.6 Å². The van der Waals surface area contributed by atoms with Crippen molar-refractivity contribution in [2.45, 2.75) is 44.7 Å². The van der Waals surface area contributed by atoms with Crippen molar-refractivity contribution in [1.82, 2.24) is 15.1 Å². The molecule has 8 heteroatoms. The molecule has 0 bridgehead atoms. The van der Waals surface area contributed by atoms with Crippen LogP contribution in [0.2, 0.25) is 0 Å². The lowest BCUT2D eigenvalue weighted by atomic mass is 10.0. The molecule has 0 radical (unpaired) electrons. The number of halogens is 1. The number of carbonyl (C=O) groups is 3. The maximum Gasteiger partial charge on any atom is 0.325 e. The van der Waals surface area contributed by atoms with Crippen molar-refractivity contribution in [2.24, 2.45) is 0 Å². The molecule has 2 fully saturated rings. The summed E-state index contributed by atoms with van der Waals surface area (Å²) in [5, 5.41) is 2.74. The van der Waals surface area contributed by atoms with Crippen LogP contribution in [0, 0.1) is 0 Å². The molecule has 2 aliphatic heterocycles. The smallest absolute Gasteiger partial charge is 0.325 e. The topological polar surface area (TPSA) is 69.7 Å². The maximum atomic E-state index is 12.8. The zero-order valence-electron chi connectivity index (χ0n) is 13.7. The minimum absolute atomic E-state index is 0.159. The van der Waals surface area contributed by atoms with Gasteiger partial charge in [-0.2, -0.15) is 0 Å². The molecule has 3 heterocycles. The molecule has 130 valence electrons. The van der Waals surface area contributed by atoms with Gasteiger partial charge in [0, 0.05) is 17.5 Å². The summed E-state index contributed by atoms with van der Waals surface area (Å²) in [6.07, 6.45) is 3.05. The fourth-order valence-corrected chi connectivity index (χ4v) is 4.77. The highest BCUT2D eigenvalue weighted by molar-refractivity contribution is 9.11. The molecule has 2 atom stereocenters. The fourth-order valence-electron chi connectivity index (χ4n) is 3.29. The van der Waals surface area contributed by atoms with E-state index in [0.29, 0.717) is 6.54 Å². The zero-order valence-corrected chi connectivity index (χ0v) is 16.1. The van der Waals surface area contributed by atoms with E-state index in [1.54, 1.807) is 11.8 Å². The number of piperidine rings is 1. The number of imide groups is 1. The predicted octanol–water partition coefficient (Wildman–Crippen LogP) is 2.68. The van der Waals surface area contributed by atoms with Crippen molar-refractivity contribution in [3.8, 4) is 0 Å². The molecule has 6 nitrogen and oxygen atoms in total. The first kappa shape index (κ1) is 17.4. The number of rotatable bonds is 3. The van der Waals surface area contributed by atoms with Crippen LogP contribution >= 0.6 is 27.3 Å². The summed E-state index contributed by atoms with van der Waals surface area (Å²) in [5.74, 6) is -0.540. The average molecular weight is 414 g/mol. The molecule has 0 spiro atoms. The minimum Gasteiger partial charge on any atom is -0.338 e. The van der Waals surface area contributed by atoms with Crippen LogP contribution < -0.4 is 5.32 Å². The van der Waals surface area contributed by atoms with Gasteiger partial charge in [-0.1, -0.05) is 0 Å². The normalized spacial score (nSPS) is 27.5. The van der Waals surface area contributed by atoms with Crippen molar-refractivity contribution >= 4 is 45.1 Å². The molecular formula is C16H20BrN3O3S. The van der Waals surface area contributed by atoms with Crippen LogP contribution in [0.15, 0.2) is 15.9 Å². The lowest BCUT2D eigenvalue weighted by molar-refractivity contribution is -0.140. The highest BCUT2D eigenvalue weighted by atomic mass is 79.9. The number of amides is 4. The summed E-state index contributed by atoms with van der Waals surface area (Å²) in [7, 11) is 0. The number of thiophene rings is 1. The third-order valence-corrected chi connectivity index (χ3v) is 6.60. The molecule has 2 aliphatic rings. The lowest BCUT2D eigenvalue weighted by Crippen LogP contribution is -2.48. The number of hydrogen-bond acceptors (Lipinski definition) is 4. The Morgan fingerprint density at radius 1 is 1.42 bits per heavy atom. The van der Waals surface area contributed by atoms with Crippen LogP contribution in [0.1, 0.15) is 38.0 Å². The van der Waals surface area contributed by atoms with Crippen molar-refractivity contribution in [1.29, 1.82) is 0 Å². The van der Waals surface area contributed by atoms with Crippen LogP contribution in [0.4, 0.5) is 4.79 Å². The second-order valence-electron chi connectivity index (χ2n) is 6.48. The van der Waals surface area contributed by atoms with Crippen LogP contribution in [-0.4, -0.2) is 46.8 Å². The summed E-state index contributed by atoms with van der Waals surface area (Å²) in [4.78, 5) is 41.2. The monoisotopic (exact) mass is 413 g/mol. The van der Waals surface area contributed by atoms with Crippen LogP contribution in [0.3, 0.4) is 0 Å². The number of nitrogens with one attached hydrogen (secondary N) is 1. The SMILES string of the molecule is CC1CCCCN1C(=O)CN1C(=O)NC(C)(c2ccc(Br)s2)C1=O. The van der Waals surface area contributed by atoms with Gasteiger partial charge in [-0.25, -0.2) is 4.79 Å². The Labute approximate surface area is 153 Å². The summed E-state index contributed by atoms with van der Waals surface area (Å²) in [6, 6.07) is 3.30. The van der Waals surface area contributed by atoms with Gasteiger partial charge >= 0.3 is 6.03 Å². The molecule has 4 amide bonds. The molecule has 1 aromatic heterocycles. The Morgan fingerprint density at radius 2 is 2.17 bits per heavy atom. The third kappa shape index (κ3) is 2.97. The summed E-state index contributed by atoms with van der Waals surface area (Å²) in [5.41, 5.74) is -1.11. The highest BCUT2D eigenvalue weighted by Crippen LogP contribution is 2.35. The van der Waals surface area contributed by atoms with E-state index in [1.165, 1.54) is 11.3 Å². The van der Waals surface area contributed by atoms with E-state index >= 15 is 0 Å². The zero-order chi connectivity index (χ0) is 17.5. The molecule has 2 unspecified atom stereocenters. The predicted molar refractivity (Wildman–Crippen MR) is 94.6 cm³/mol. The van der Waals surface area contributed by atoms with Gasteiger partial charge in [-0.3, -0.25) is 14.5 Å². The highest BCUT2D eigenvalue weighted by Gasteiger charge is 2.50. The number of nitrogens with zero attached hydrogens (tertiary/aromatic N) is 2. The Kier molecular flexibility index (Phi) is 4.70. The Hall–Kier alpha value is -1.41. The first-order chi connectivity index (χ1) is 11.3. The molecular weight excluding hydrogens is 394 g/mol. The molecule has 0 saturated carbocycles. The van der Waals surface area contributed by atoms with Gasteiger partial charge in [0.05, 0.1) is 3.79 Å². The minimum atomic E-state index is -1.11. The molecule has 2 saturated heterocycles. The number of hydrogen-bond donors (Lipinski definition) is 1. The van der Waals surface area contributed by atoms with E-state index in [4.69, 9.17) is 0 Å². The second kappa shape index (κ2) is 6.48. The first-order valence-electron chi connectivity index (χ1n) is 8.02. The van der Waals surface area contributed by atoms with Crippen LogP contribution in [0.5, 0.6) is 0 Å². The van der Waals surface area contributed by atoms with Crippen molar-refractivity contribution in [2.75, 3.05) is 13.1 Å². The first-order valence-corrected chi connectivity index (χ1v) is 9.63. The summed E-state index contributed by atoms with van der Waals surface area (Å²) in [6.45, 7) is 4.19. The number of likely N-dealkylation sites (tertiary alicyclic amines) is 1. The second-order valence-corrected chi connectivity index (χ2v) is 8.95. The summed E-state index contributed by atoms with van der Waals surface area (Å²) < 4.78 is 0.887. The van der Waals surface area contributed by atoms with E-state index in [-0.39, 0.29) is 24.4 Å². The van der Waals surface area contributed by atoms with E-state index in [9.17, 15) is 14.4 Å². The quantitative estimate of drug-likeness (QED) is 0.774. The summed E-state index contributed by atoms with van der Waals surface area (Å²) >= 11 is 4.77. The largest absolute Gasteiger partial charge is 0.338 e. The van der Waals surface area contributed by atoms with Crippen molar-refractivity contribution in [3.63, 3.8) is 0 Å². The van der Waals surface area contributed by atoms with E-state index in [1.807, 2.05) is 19.1 Å².